The highest BCUT2D eigenvalue weighted by molar-refractivity contribution is 6.20. The summed E-state index contributed by atoms with van der Waals surface area (Å²) in [7, 11) is 0. The van der Waals surface area contributed by atoms with E-state index in [1.54, 1.807) is 6.07 Å². The van der Waals surface area contributed by atoms with Gasteiger partial charge in [0.2, 0.25) is 0 Å². The summed E-state index contributed by atoms with van der Waals surface area (Å²) in [5.74, 6) is 0.0675. The Labute approximate surface area is 212 Å². The fraction of sp³-hybridized carbons (Fsp3) is 0.429. The number of ether oxygens (including phenoxy) is 1. The number of carbonyl (C=O) groups excluding carboxylic acids is 1. The molecule has 3 heterocycles. The minimum absolute atomic E-state index is 0. The summed E-state index contributed by atoms with van der Waals surface area (Å²) in [5, 5.41) is 10.2. The van der Waals surface area contributed by atoms with Gasteiger partial charge in [0.05, 0.1) is 30.4 Å². The van der Waals surface area contributed by atoms with E-state index in [9.17, 15) is 10.1 Å². The summed E-state index contributed by atoms with van der Waals surface area (Å²) in [6.45, 7) is 10.2. The predicted octanol–water partition coefficient (Wildman–Crippen LogP) is 4.63. The van der Waals surface area contributed by atoms with Crippen molar-refractivity contribution in [2.75, 3.05) is 44.3 Å². The highest BCUT2D eigenvalue weighted by atomic mass is 35.5. The summed E-state index contributed by atoms with van der Waals surface area (Å²) >= 11 is 0. The van der Waals surface area contributed by atoms with Gasteiger partial charge in [0.25, 0.3) is 0 Å². The van der Waals surface area contributed by atoms with Gasteiger partial charge in [-0.05, 0) is 48.7 Å². The summed E-state index contributed by atoms with van der Waals surface area (Å²) in [6.07, 6.45) is 2.32. The molecule has 35 heavy (non-hydrogen) atoms. The maximum Gasteiger partial charge on any atom is 0.195 e. The molecule has 0 saturated carbocycles. The fourth-order valence-corrected chi connectivity index (χ4v) is 6.12. The van der Waals surface area contributed by atoms with Gasteiger partial charge in [-0.2, -0.15) is 5.26 Å². The van der Waals surface area contributed by atoms with Crippen molar-refractivity contribution in [2.45, 2.75) is 38.1 Å². The molecule has 0 unspecified atom stereocenters. The Morgan fingerprint density at radius 1 is 1.06 bits per heavy atom. The SMILES string of the molecule is CC1(C)c2cc(N3CCC(N4CCOCC4)CC3)ccc2C(=O)c2c1[nH]c1cc(C#N)ccc21.Cl. The number of aromatic amines is 1. The normalized spacial score (nSPS) is 20.1. The molecule has 182 valence electrons. The number of hydrogen-bond donors (Lipinski definition) is 1. The van der Waals surface area contributed by atoms with E-state index < -0.39 is 0 Å². The first-order chi connectivity index (χ1) is 16.5. The van der Waals surface area contributed by atoms with Crippen LogP contribution in [-0.4, -0.2) is 61.1 Å². The maximum absolute atomic E-state index is 13.6. The Hall–Kier alpha value is -2.85. The number of morpholine rings is 1. The van der Waals surface area contributed by atoms with Crippen LogP contribution in [0.4, 0.5) is 5.69 Å². The third-order valence-electron chi connectivity index (χ3n) is 8.09. The quantitative estimate of drug-likeness (QED) is 0.567. The van der Waals surface area contributed by atoms with E-state index in [4.69, 9.17) is 4.74 Å². The van der Waals surface area contributed by atoms with Gasteiger partial charge in [0, 0.05) is 65.5 Å². The van der Waals surface area contributed by atoms with Crippen molar-refractivity contribution in [1.82, 2.24) is 9.88 Å². The van der Waals surface area contributed by atoms with Crippen LogP contribution in [0.15, 0.2) is 36.4 Å². The molecule has 0 radical (unpaired) electrons. The Balaban J connectivity index is 0.00000253. The van der Waals surface area contributed by atoms with Gasteiger partial charge in [-0.3, -0.25) is 9.69 Å². The number of hydrogen-bond acceptors (Lipinski definition) is 5. The number of rotatable bonds is 2. The molecule has 6 rings (SSSR count). The lowest BCUT2D eigenvalue weighted by Crippen LogP contribution is -2.49. The second-order valence-corrected chi connectivity index (χ2v) is 10.3. The number of piperidine rings is 1. The first-order valence-electron chi connectivity index (χ1n) is 12.3. The zero-order chi connectivity index (χ0) is 23.4. The second kappa shape index (κ2) is 8.98. The van der Waals surface area contributed by atoms with Crippen molar-refractivity contribution in [2.24, 2.45) is 0 Å². The van der Waals surface area contributed by atoms with E-state index in [0.29, 0.717) is 11.6 Å². The minimum atomic E-state index is -0.341. The van der Waals surface area contributed by atoms with Crippen LogP contribution in [0.5, 0.6) is 0 Å². The van der Waals surface area contributed by atoms with Crippen LogP contribution in [0, 0.1) is 11.3 Å². The Morgan fingerprint density at radius 3 is 2.51 bits per heavy atom. The second-order valence-electron chi connectivity index (χ2n) is 10.3. The van der Waals surface area contributed by atoms with Gasteiger partial charge in [0.1, 0.15) is 0 Å². The molecular formula is C28H31ClN4O2. The molecule has 0 spiro atoms. The van der Waals surface area contributed by atoms with Crippen LogP contribution in [0.1, 0.15) is 59.4 Å². The van der Waals surface area contributed by atoms with Crippen LogP contribution in [0.3, 0.4) is 0 Å². The molecule has 0 atom stereocenters. The minimum Gasteiger partial charge on any atom is -0.379 e. The van der Waals surface area contributed by atoms with Crippen LogP contribution in [-0.2, 0) is 10.2 Å². The van der Waals surface area contributed by atoms with Gasteiger partial charge >= 0.3 is 0 Å². The van der Waals surface area contributed by atoms with E-state index >= 15 is 0 Å². The van der Waals surface area contributed by atoms with Crippen LogP contribution in [0.2, 0.25) is 0 Å². The Kier molecular flexibility index (Phi) is 6.13. The average Bonchev–Trinajstić information content (AvgIpc) is 3.28. The lowest BCUT2D eigenvalue weighted by atomic mass is 9.71. The van der Waals surface area contributed by atoms with E-state index in [0.717, 1.165) is 85.5 Å². The van der Waals surface area contributed by atoms with Gasteiger partial charge in [-0.15, -0.1) is 12.4 Å². The van der Waals surface area contributed by atoms with E-state index in [2.05, 4.69) is 46.8 Å². The van der Waals surface area contributed by atoms with Gasteiger partial charge in [-0.1, -0.05) is 19.9 Å². The molecule has 1 N–H and O–H groups in total. The van der Waals surface area contributed by atoms with E-state index in [-0.39, 0.29) is 23.6 Å². The molecule has 3 aromatic rings. The molecule has 2 aliphatic heterocycles. The zero-order valence-electron chi connectivity index (χ0n) is 20.3. The standard InChI is InChI=1S/C28H30N4O2.ClH/c1-28(2)23-16-20(31-9-7-19(8-10-31)32-11-13-34-14-12-32)4-6-21(23)26(33)25-22-5-3-18(17-29)15-24(22)30-27(25)28;/h3-6,15-16,19,30H,7-14H2,1-2H3;1H. The van der Waals surface area contributed by atoms with Gasteiger partial charge in [0.15, 0.2) is 5.78 Å². The number of aromatic nitrogens is 1. The number of carbonyl (C=O) groups is 1. The molecule has 2 aromatic carbocycles. The van der Waals surface area contributed by atoms with Crippen molar-refractivity contribution in [3.63, 3.8) is 0 Å². The lowest BCUT2D eigenvalue weighted by Gasteiger charge is -2.41. The largest absolute Gasteiger partial charge is 0.379 e. The fourth-order valence-electron chi connectivity index (χ4n) is 6.12. The molecule has 2 saturated heterocycles. The molecule has 6 nitrogen and oxygen atoms in total. The summed E-state index contributed by atoms with van der Waals surface area (Å²) in [6, 6.07) is 14.7. The molecule has 2 fully saturated rings. The number of nitrogens with one attached hydrogen (secondary N) is 1. The first-order valence-corrected chi connectivity index (χ1v) is 12.3. The molecule has 3 aliphatic rings. The lowest BCUT2D eigenvalue weighted by molar-refractivity contribution is 0.0115. The number of nitriles is 1. The number of benzene rings is 2. The molecule has 0 amide bonds. The zero-order valence-corrected chi connectivity index (χ0v) is 21.1. The van der Waals surface area contributed by atoms with Crippen molar-refractivity contribution < 1.29 is 9.53 Å². The topological polar surface area (TPSA) is 72.4 Å². The maximum atomic E-state index is 13.6. The number of fused-ring (bicyclic) bond motifs is 4. The van der Waals surface area contributed by atoms with E-state index in [1.807, 2.05) is 18.2 Å². The Morgan fingerprint density at radius 2 is 1.80 bits per heavy atom. The van der Waals surface area contributed by atoms with Crippen molar-refractivity contribution in [3.05, 3.63) is 64.3 Å². The summed E-state index contributed by atoms with van der Waals surface area (Å²) in [4.78, 5) is 22.2. The number of anilines is 1. The van der Waals surface area contributed by atoms with Crippen molar-refractivity contribution >= 4 is 34.8 Å². The molecule has 0 bridgehead atoms. The van der Waals surface area contributed by atoms with Crippen LogP contribution in [0.25, 0.3) is 10.9 Å². The molecule has 1 aliphatic carbocycles. The molecule has 7 heteroatoms. The smallest absolute Gasteiger partial charge is 0.195 e. The average molecular weight is 491 g/mol. The van der Waals surface area contributed by atoms with Crippen LogP contribution < -0.4 is 4.90 Å². The first kappa shape index (κ1) is 23.9. The van der Waals surface area contributed by atoms with Crippen LogP contribution >= 0.6 is 12.4 Å². The third-order valence-corrected chi connectivity index (χ3v) is 8.09. The number of ketones is 1. The highest BCUT2D eigenvalue weighted by Gasteiger charge is 2.40. The predicted molar refractivity (Wildman–Crippen MR) is 140 cm³/mol. The van der Waals surface area contributed by atoms with Crippen molar-refractivity contribution in [1.29, 1.82) is 5.26 Å². The number of halogens is 1. The molecule has 1 aromatic heterocycles. The third kappa shape index (κ3) is 3.83. The Bertz CT molecular complexity index is 1320. The van der Waals surface area contributed by atoms with Crippen molar-refractivity contribution in [3.8, 4) is 6.07 Å². The molecular weight excluding hydrogens is 460 g/mol. The highest BCUT2D eigenvalue weighted by Crippen LogP contribution is 2.45. The van der Waals surface area contributed by atoms with Gasteiger partial charge < -0.3 is 14.6 Å². The number of H-pyrrole nitrogens is 1. The monoisotopic (exact) mass is 490 g/mol. The van der Waals surface area contributed by atoms with E-state index in [1.165, 1.54) is 5.69 Å². The van der Waals surface area contributed by atoms with Gasteiger partial charge in [-0.25, -0.2) is 0 Å². The number of nitrogens with zero attached hydrogens (tertiary/aromatic N) is 3. The summed E-state index contributed by atoms with van der Waals surface area (Å²) in [5.41, 5.74) is 5.85. The summed E-state index contributed by atoms with van der Waals surface area (Å²) < 4.78 is 5.52.